The van der Waals surface area contributed by atoms with Gasteiger partial charge in [-0.2, -0.15) is 9.97 Å². The molecule has 13 nitrogen and oxygen atoms in total. The van der Waals surface area contributed by atoms with Crippen LogP contribution in [-0.4, -0.2) is 74.4 Å². The number of hydrogen-bond donors (Lipinski definition) is 4. The molecule has 1 fully saturated rings. The largest absolute Gasteiger partial charge is 0.387 e. The highest BCUT2D eigenvalue weighted by Crippen LogP contribution is 2.41. The summed E-state index contributed by atoms with van der Waals surface area (Å²) >= 11 is 6.10. The van der Waals surface area contributed by atoms with E-state index in [9.17, 15) is 18.6 Å². The zero-order valence-corrected chi connectivity index (χ0v) is 21.2. The average molecular weight is 530 g/mol. The van der Waals surface area contributed by atoms with Crippen molar-refractivity contribution in [2.75, 3.05) is 24.2 Å². The van der Waals surface area contributed by atoms with Gasteiger partial charge in [-0.15, -0.1) is 0 Å². The van der Waals surface area contributed by atoms with Crippen molar-refractivity contribution in [1.82, 2.24) is 29.4 Å². The summed E-state index contributed by atoms with van der Waals surface area (Å²) in [6.45, 7) is 7.95. The summed E-state index contributed by atoms with van der Waals surface area (Å²) < 4.78 is 39.0. The van der Waals surface area contributed by atoms with Crippen molar-refractivity contribution in [1.29, 1.82) is 0 Å². The predicted octanol–water partition coefficient (Wildman–Crippen LogP) is 1.11. The van der Waals surface area contributed by atoms with E-state index >= 15 is 0 Å². The number of aliphatic hydroxyl groups excluding tert-OH is 2. The van der Waals surface area contributed by atoms with Crippen LogP contribution in [0.15, 0.2) is 16.9 Å². The Labute approximate surface area is 206 Å². The van der Waals surface area contributed by atoms with Gasteiger partial charge < -0.3 is 24.8 Å². The maximum atomic E-state index is 11.9. The molecule has 4 atom stereocenters. The topological polar surface area (TPSA) is 178 Å². The molecular weight excluding hydrogens is 502 g/mol. The second kappa shape index (κ2) is 9.59. The Morgan fingerprint density at radius 2 is 1.97 bits per heavy atom. The van der Waals surface area contributed by atoms with Crippen LogP contribution in [0.25, 0.3) is 11.2 Å². The first kappa shape index (κ1) is 25.7. The van der Waals surface area contributed by atoms with Crippen LogP contribution in [0, 0.1) is 0 Å². The number of fused-ring (bicyclic) bond motifs is 1. The summed E-state index contributed by atoms with van der Waals surface area (Å²) in [4.78, 5) is 12.6. The number of sulfonamides is 1. The molecule has 1 saturated heterocycles. The lowest BCUT2D eigenvalue weighted by molar-refractivity contribution is -0.0434. The van der Waals surface area contributed by atoms with E-state index in [1.165, 1.54) is 10.9 Å². The van der Waals surface area contributed by atoms with Gasteiger partial charge in [0.15, 0.2) is 29.0 Å². The Morgan fingerprint density at radius 3 is 2.63 bits per heavy atom. The molecule has 3 aromatic heterocycles. The van der Waals surface area contributed by atoms with Crippen molar-refractivity contribution in [3.63, 3.8) is 0 Å². The summed E-state index contributed by atoms with van der Waals surface area (Å²) in [5.74, 6) is 0.321. The van der Waals surface area contributed by atoms with Crippen LogP contribution in [0.1, 0.15) is 51.5 Å². The van der Waals surface area contributed by atoms with Gasteiger partial charge in [-0.25, -0.2) is 18.1 Å². The monoisotopic (exact) mass is 529 g/mol. The minimum absolute atomic E-state index is 0.0512. The van der Waals surface area contributed by atoms with Gasteiger partial charge >= 0.3 is 0 Å². The van der Waals surface area contributed by atoms with Crippen LogP contribution >= 0.6 is 11.6 Å². The van der Waals surface area contributed by atoms with Crippen molar-refractivity contribution in [3.8, 4) is 0 Å². The zero-order chi connectivity index (χ0) is 25.5. The normalized spacial score (nSPS) is 23.3. The third-order valence-corrected chi connectivity index (χ3v) is 7.15. The summed E-state index contributed by atoms with van der Waals surface area (Å²) in [6.07, 6.45) is -3.29. The lowest BCUT2D eigenvalue weighted by Crippen LogP contribution is -2.29. The molecule has 35 heavy (non-hydrogen) atoms. The number of imidazole rings is 1. The van der Waals surface area contributed by atoms with Gasteiger partial charge in [-0.3, -0.25) is 4.57 Å². The highest BCUT2D eigenvalue weighted by molar-refractivity contribution is 7.89. The number of rotatable bonds is 8. The molecule has 0 aromatic carbocycles. The van der Waals surface area contributed by atoms with E-state index in [1.54, 1.807) is 13.0 Å². The molecule has 4 heterocycles. The third kappa shape index (κ3) is 5.27. The fraction of sp³-hybridized carbons (Fsp3) is 0.600. The number of anilines is 1. The maximum absolute atomic E-state index is 11.9. The van der Waals surface area contributed by atoms with E-state index in [1.807, 2.05) is 20.8 Å². The molecule has 0 radical (unpaired) electrons. The highest BCUT2D eigenvalue weighted by Gasteiger charge is 2.47. The molecule has 0 aliphatic carbocycles. The van der Waals surface area contributed by atoms with Crippen molar-refractivity contribution < 1.29 is 27.9 Å². The van der Waals surface area contributed by atoms with Crippen LogP contribution in [0.2, 0.25) is 5.28 Å². The molecule has 0 amide bonds. The summed E-state index contributed by atoms with van der Waals surface area (Å²) in [5, 5.41) is 28.3. The number of hydrogen-bond acceptors (Lipinski definition) is 11. The molecular formula is C20H28ClN7O6S. The maximum Gasteiger partial charge on any atom is 0.226 e. The second-order valence-electron chi connectivity index (χ2n) is 9.20. The molecule has 3 aromatic rings. The van der Waals surface area contributed by atoms with Gasteiger partial charge in [0.1, 0.15) is 18.3 Å². The molecule has 4 rings (SSSR count). The molecule has 192 valence electrons. The molecule has 1 aliphatic heterocycles. The van der Waals surface area contributed by atoms with Crippen molar-refractivity contribution in [2.45, 2.75) is 57.6 Å². The first-order chi connectivity index (χ1) is 16.4. The first-order valence-electron chi connectivity index (χ1n) is 11.0. The Morgan fingerprint density at radius 1 is 1.23 bits per heavy atom. The van der Waals surface area contributed by atoms with Crippen LogP contribution in [0.4, 0.5) is 5.82 Å². The Balaban J connectivity index is 1.59. The van der Waals surface area contributed by atoms with E-state index < -0.39 is 34.6 Å². The van der Waals surface area contributed by atoms with E-state index in [-0.39, 0.29) is 40.2 Å². The number of nitrogens with zero attached hydrogens (tertiary/aromatic N) is 5. The Kier molecular flexibility index (Phi) is 7.05. The van der Waals surface area contributed by atoms with Crippen LogP contribution in [0.3, 0.4) is 0 Å². The lowest BCUT2D eigenvalue weighted by Gasteiger charge is -2.16. The van der Waals surface area contributed by atoms with Gasteiger partial charge in [0.2, 0.25) is 15.3 Å². The van der Waals surface area contributed by atoms with Gasteiger partial charge in [0.25, 0.3) is 0 Å². The highest BCUT2D eigenvalue weighted by atomic mass is 35.5. The van der Waals surface area contributed by atoms with Gasteiger partial charge in [0, 0.05) is 24.6 Å². The zero-order valence-electron chi connectivity index (χ0n) is 19.6. The molecule has 0 saturated carbocycles. The third-order valence-electron chi connectivity index (χ3n) is 5.51. The number of aliphatic hydroxyl groups is 2. The molecule has 15 heteroatoms. The van der Waals surface area contributed by atoms with E-state index in [0.29, 0.717) is 17.8 Å². The number of nitrogens with one attached hydrogen (secondary N) is 2. The molecule has 0 bridgehead atoms. The molecule has 4 N–H and O–H groups in total. The average Bonchev–Trinajstić information content (AvgIpc) is 3.46. The van der Waals surface area contributed by atoms with Crippen molar-refractivity contribution >= 4 is 38.6 Å². The number of halogens is 1. The van der Waals surface area contributed by atoms with Crippen LogP contribution in [-0.2, 0) is 20.2 Å². The summed E-state index contributed by atoms with van der Waals surface area (Å²) in [6, 6.07) is 1.69. The van der Waals surface area contributed by atoms with Crippen molar-refractivity contribution in [3.05, 3.63) is 29.1 Å². The Hall–Kier alpha value is -2.36. The van der Waals surface area contributed by atoms with Crippen LogP contribution < -0.4 is 10.0 Å². The standard InChI is InChI=1S/C20H28ClN7O6S/c1-5-24-35(31,32)7-6-22-16-12-17(26-19(21)25-16)28(9-23-12)18-14(30)13(29)15(33-18)10-8-11(27-34-10)20(2,3)4/h8-9,13-15,18,24,29-30H,5-7H2,1-4H3,(H,22,25,26)/t13-,14+,15+,18+/m0/s1. The minimum Gasteiger partial charge on any atom is -0.387 e. The fourth-order valence-corrected chi connectivity index (χ4v) is 4.82. The lowest BCUT2D eigenvalue weighted by atomic mass is 9.92. The minimum atomic E-state index is -3.44. The number of aromatic nitrogens is 5. The number of ether oxygens (including phenoxy) is 1. The molecule has 0 unspecified atom stereocenters. The van der Waals surface area contributed by atoms with Crippen LogP contribution in [0.5, 0.6) is 0 Å². The Bertz CT molecular complexity index is 1310. The first-order valence-corrected chi connectivity index (χ1v) is 13.0. The van der Waals surface area contributed by atoms with E-state index in [2.05, 4.69) is 30.1 Å². The van der Waals surface area contributed by atoms with Gasteiger partial charge in [-0.05, 0) is 11.6 Å². The summed E-state index contributed by atoms with van der Waals surface area (Å²) in [5.41, 5.74) is 0.929. The quantitative estimate of drug-likeness (QED) is 0.307. The van der Waals surface area contributed by atoms with Gasteiger partial charge in [-0.1, -0.05) is 32.9 Å². The van der Waals surface area contributed by atoms with E-state index in [4.69, 9.17) is 20.9 Å². The fourth-order valence-electron chi connectivity index (χ4n) is 3.70. The SMILES string of the molecule is CCNS(=O)(=O)CCNc1nc(Cl)nc2c1ncn2[C@@H]1O[C@H](c2cc(C(C)(C)C)no2)[C@@H](O)[C@H]1O. The van der Waals surface area contributed by atoms with E-state index in [0.717, 1.165) is 0 Å². The van der Waals surface area contributed by atoms with Gasteiger partial charge in [0.05, 0.1) is 17.8 Å². The predicted molar refractivity (Wildman–Crippen MR) is 126 cm³/mol. The second-order valence-corrected chi connectivity index (χ2v) is 11.5. The molecule has 0 spiro atoms. The van der Waals surface area contributed by atoms with Crippen molar-refractivity contribution in [2.24, 2.45) is 0 Å². The smallest absolute Gasteiger partial charge is 0.226 e. The molecule has 1 aliphatic rings. The summed E-state index contributed by atoms with van der Waals surface area (Å²) in [7, 11) is -3.44.